The highest BCUT2D eigenvalue weighted by Crippen LogP contribution is 2.76. The molecule has 19 nitrogen and oxygen atoms in total. The number of aliphatic hydroxyl groups excluding tert-OH is 6. The van der Waals surface area contributed by atoms with E-state index in [0.29, 0.717) is 44.6 Å². The highest BCUT2D eigenvalue weighted by Gasteiger charge is 2.73. The number of carbonyl (C=O) groups excluding carboxylic acids is 3. The van der Waals surface area contributed by atoms with E-state index in [1.54, 1.807) is 0 Å². The fraction of sp³-hybridized carbons (Fsp3) is 0.660. The highest BCUT2D eigenvalue weighted by atomic mass is 16.7. The van der Waals surface area contributed by atoms with Gasteiger partial charge in [-0.1, -0.05) is 46.3 Å². The topological polar surface area (TPSA) is 331 Å². The van der Waals surface area contributed by atoms with Crippen LogP contribution in [0.5, 0.6) is 34.5 Å². The summed E-state index contributed by atoms with van der Waals surface area (Å²) in [4.78, 5) is 43.5. The van der Waals surface area contributed by atoms with E-state index in [1.165, 1.54) is 0 Å². The lowest BCUT2D eigenvalue weighted by molar-refractivity contribution is -0.298. The van der Waals surface area contributed by atoms with Gasteiger partial charge in [-0.05, 0) is 109 Å². The maximum atomic E-state index is 14.8. The Hall–Kier alpha value is -4.89. The molecule has 17 unspecified atom stereocenters. The standard InChI is InChI=1S/C50H64O19/c1-20-8-11-49(45(65)69-44-40(62)39(61)36(58)28(17-51)67-44)13-12-47(4)24(33(49)21(20)2)6-7-29-46(3)16-27(55)41-50(18-52,30(46)9-10-48(29,47)5)19-66-42(63)22-14-25(53)34(56)37(59)31(22)32-23(43(64)68-41)15-26(54)35(57)38(32)60/h6,14-15,20-21,27-30,33,36,39-41,44,51-62H,7-13,16-19H2,1-5H3. The molecule has 2 aliphatic heterocycles. The first-order valence-electron chi connectivity index (χ1n) is 23.8. The van der Waals surface area contributed by atoms with Gasteiger partial charge in [0.1, 0.15) is 37.1 Å². The summed E-state index contributed by atoms with van der Waals surface area (Å²) in [5.41, 5.74) is -6.50. The van der Waals surface area contributed by atoms with Crippen LogP contribution in [0.3, 0.4) is 0 Å². The number of phenolic OH excluding ortho intramolecular Hbond substituents is 6. The van der Waals surface area contributed by atoms with E-state index in [1.807, 2.05) is 6.92 Å². The molecule has 12 N–H and O–H groups in total. The molecule has 4 saturated carbocycles. The number of rotatable bonds is 4. The summed E-state index contributed by atoms with van der Waals surface area (Å²) in [6, 6.07) is 1.44. The Bertz CT molecular complexity index is 2490. The van der Waals surface area contributed by atoms with Crippen LogP contribution in [0.4, 0.5) is 0 Å². The van der Waals surface area contributed by atoms with Crippen LogP contribution in [0.25, 0.3) is 11.1 Å². The number of fused-ring (bicyclic) bond motifs is 12. The molecule has 0 aromatic heterocycles. The number of cyclic esters (lactones) is 1. The second kappa shape index (κ2) is 16.6. The molecule has 0 spiro atoms. The third-order valence-electron chi connectivity index (χ3n) is 19.2. The first kappa shape index (κ1) is 49.1. The average Bonchev–Trinajstić information content (AvgIpc) is 3.32. The summed E-state index contributed by atoms with van der Waals surface area (Å²) in [5.74, 6) is -10.8. The number of esters is 3. The van der Waals surface area contributed by atoms with Gasteiger partial charge >= 0.3 is 17.9 Å². The molecule has 2 aromatic carbocycles. The maximum Gasteiger partial charge on any atom is 0.339 e. The van der Waals surface area contributed by atoms with Gasteiger partial charge in [-0.15, -0.1) is 0 Å². The summed E-state index contributed by atoms with van der Waals surface area (Å²) in [6.45, 7) is 8.63. The lowest BCUT2D eigenvalue weighted by atomic mass is 9.33. The molecule has 69 heavy (non-hydrogen) atoms. The molecular weight excluding hydrogens is 905 g/mol. The van der Waals surface area contributed by atoms with Crippen molar-refractivity contribution in [3.63, 3.8) is 0 Å². The fourth-order valence-corrected chi connectivity index (χ4v) is 15.2. The van der Waals surface area contributed by atoms with Crippen LogP contribution in [0, 0.1) is 56.7 Å². The molecule has 0 amide bonds. The molecule has 5 aliphatic carbocycles. The minimum absolute atomic E-state index is 0.0128. The summed E-state index contributed by atoms with van der Waals surface area (Å²) in [6.07, 6.45) is -5.40. The van der Waals surface area contributed by atoms with Gasteiger partial charge in [0.05, 0.1) is 41.3 Å². The second-order valence-corrected chi connectivity index (χ2v) is 22.0. The van der Waals surface area contributed by atoms with Crippen molar-refractivity contribution >= 4 is 17.9 Å². The maximum absolute atomic E-state index is 14.8. The molecule has 2 aromatic rings. The SMILES string of the molecule is CC1CCC2(C(=O)OC3OC(CO)C(O)C(O)C3O)CCC3(C)C(=CCC4C5(C)CC(O)C6OC(=O)c7cc(O)c(O)c(O)c7-c7c(cc(O)c(O)c7O)C(=O)OCC6(CO)C5CCC43C)C2C1C. The van der Waals surface area contributed by atoms with Crippen LogP contribution in [0.2, 0.25) is 0 Å². The van der Waals surface area contributed by atoms with Gasteiger partial charge < -0.3 is 80.2 Å². The van der Waals surface area contributed by atoms with Crippen molar-refractivity contribution in [1.29, 1.82) is 0 Å². The second-order valence-electron chi connectivity index (χ2n) is 22.0. The molecule has 17 atom stereocenters. The number of carbonyl (C=O) groups is 3. The Kier molecular flexibility index (Phi) is 11.8. The summed E-state index contributed by atoms with van der Waals surface area (Å²) in [7, 11) is 0. The molecule has 19 heteroatoms. The van der Waals surface area contributed by atoms with Crippen molar-refractivity contribution in [2.45, 2.75) is 129 Å². The fourth-order valence-electron chi connectivity index (χ4n) is 15.2. The van der Waals surface area contributed by atoms with Crippen LogP contribution >= 0.6 is 0 Å². The molecule has 0 radical (unpaired) electrons. The highest BCUT2D eigenvalue weighted by molar-refractivity contribution is 6.08. The van der Waals surface area contributed by atoms with Crippen molar-refractivity contribution in [3.05, 3.63) is 34.9 Å². The molecule has 0 bridgehead atoms. The van der Waals surface area contributed by atoms with Gasteiger partial charge in [-0.25, -0.2) is 9.59 Å². The monoisotopic (exact) mass is 968 g/mol. The van der Waals surface area contributed by atoms with E-state index in [4.69, 9.17) is 18.9 Å². The molecule has 9 rings (SSSR count). The number of allylic oxidation sites excluding steroid dienone is 2. The van der Waals surface area contributed by atoms with Gasteiger partial charge in [0, 0.05) is 11.1 Å². The first-order valence-corrected chi connectivity index (χ1v) is 23.8. The number of phenols is 6. The third kappa shape index (κ3) is 6.66. The molecule has 2 heterocycles. The number of aromatic hydroxyl groups is 6. The lowest BCUT2D eigenvalue weighted by Gasteiger charge is -2.72. The number of hydrogen-bond donors (Lipinski definition) is 12. The number of aliphatic hydroxyl groups is 6. The Morgan fingerprint density at radius 3 is 2.00 bits per heavy atom. The van der Waals surface area contributed by atoms with Crippen LogP contribution < -0.4 is 0 Å². The van der Waals surface area contributed by atoms with E-state index in [2.05, 4.69) is 33.8 Å². The third-order valence-corrected chi connectivity index (χ3v) is 19.2. The Morgan fingerprint density at radius 1 is 0.768 bits per heavy atom. The quantitative estimate of drug-likeness (QED) is 0.0906. The zero-order chi connectivity index (χ0) is 50.2. The normalized spacial score (nSPS) is 42.7. The first-order chi connectivity index (χ1) is 32.4. The van der Waals surface area contributed by atoms with Crippen LogP contribution in [-0.4, -0.2) is 142 Å². The molecule has 1 saturated heterocycles. The van der Waals surface area contributed by atoms with Crippen molar-refractivity contribution in [2.24, 2.45) is 56.7 Å². The predicted octanol–water partition coefficient (Wildman–Crippen LogP) is 3.21. The van der Waals surface area contributed by atoms with E-state index in [-0.39, 0.29) is 30.1 Å². The van der Waals surface area contributed by atoms with Crippen LogP contribution in [0.1, 0.15) is 107 Å². The number of hydrogen-bond acceptors (Lipinski definition) is 19. The average molecular weight is 969 g/mol. The van der Waals surface area contributed by atoms with Crippen molar-refractivity contribution in [1.82, 2.24) is 0 Å². The number of ether oxygens (including phenoxy) is 4. The van der Waals surface area contributed by atoms with Crippen molar-refractivity contribution in [2.75, 3.05) is 19.8 Å². The molecule has 378 valence electrons. The predicted molar refractivity (Wildman–Crippen MR) is 237 cm³/mol. The Labute approximate surface area is 397 Å². The van der Waals surface area contributed by atoms with E-state index in [0.717, 1.165) is 18.1 Å². The van der Waals surface area contributed by atoms with Crippen LogP contribution in [0.15, 0.2) is 23.8 Å². The zero-order valence-corrected chi connectivity index (χ0v) is 39.2. The Morgan fingerprint density at radius 2 is 1.39 bits per heavy atom. The zero-order valence-electron chi connectivity index (χ0n) is 39.2. The van der Waals surface area contributed by atoms with Gasteiger partial charge in [-0.2, -0.15) is 0 Å². The van der Waals surface area contributed by atoms with Gasteiger partial charge in [0.15, 0.2) is 23.0 Å². The van der Waals surface area contributed by atoms with Gasteiger partial charge in [0.25, 0.3) is 0 Å². The lowest BCUT2D eigenvalue weighted by Crippen LogP contribution is -2.70. The van der Waals surface area contributed by atoms with Crippen molar-refractivity contribution in [3.8, 4) is 45.6 Å². The minimum atomic E-state index is -1.77. The summed E-state index contributed by atoms with van der Waals surface area (Å²) >= 11 is 0. The molecule has 7 aliphatic rings. The minimum Gasteiger partial charge on any atom is -0.504 e. The number of benzene rings is 2. The van der Waals surface area contributed by atoms with E-state index >= 15 is 0 Å². The molecular formula is C50H64O19. The molecule has 5 fully saturated rings. The van der Waals surface area contributed by atoms with E-state index < -0.39 is 170 Å². The largest absolute Gasteiger partial charge is 0.504 e. The van der Waals surface area contributed by atoms with Crippen LogP contribution in [-0.2, 0) is 23.7 Å². The van der Waals surface area contributed by atoms with Gasteiger partial charge in [-0.3, -0.25) is 4.79 Å². The van der Waals surface area contributed by atoms with E-state index in [9.17, 15) is 75.7 Å². The van der Waals surface area contributed by atoms with Gasteiger partial charge in [0.2, 0.25) is 17.8 Å². The Balaban J connectivity index is 1.11. The smallest absolute Gasteiger partial charge is 0.339 e. The van der Waals surface area contributed by atoms with Crippen molar-refractivity contribution < 1.29 is 94.6 Å². The summed E-state index contributed by atoms with van der Waals surface area (Å²) < 4.78 is 23.7. The summed E-state index contributed by atoms with van der Waals surface area (Å²) in [5, 5.41) is 131.